The zero-order chi connectivity index (χ0) is 20.3. The van der Waals surface area contributed by atoms with Gasteiger partial charge >= 0.3 is 0 Å². The molecular weight excluding hydrogens is 370 g/mol. The van der Waals surface area contributed by atoms with Gasteiger partial charge in [0.15, 0.2) is 0 Å². The van der Waals surface area contributed by atoms with E-state index in [1.165, 1.54) is 40.7 Å². The summed E-state index contributed by atoms with van der Waals surface area (Å²) in [5, 5.41) is 8.11. The first-order valence-corrected chi connectivity index (χ1v) is 10.8. The Morgan fingerprint density at radius 2 is 1.70 bits per heavy atom. The van der Waals surface area contributed by atoms with Crippen molar-refractivity contribution in [2.45, 2.75) is 38.8 Å². The number of hydrogen-bond acceptors (Lipinski definition) is 4. The van der Waals surface area contributed by atoms with Gasteiger partial charge in [0, 0.05) is 29.7 Å². The molecule has 0 amide bonds. The second kappa shape index (κ2) is 8.28. The summed E-state index contributed by atoms with van der Waals surface area (Å²) in [6.45, 7) is 1.53. The van der Waals surface area contributed by atoms with Crippen LogP contribution in [-0.2, 0) is 25.9 Å². The van der Waals surface area contributed by atoms with Crippen LogP contribution in [0.2, 0.25) is 0 Å². The van der Waals surface area contributed by atoms with Crippen LogP contribution in [0.15, 0.2) is 60.7 Å². The number of para-hydroxylation sites is 1. The molecule has 1 aliphatic rings. The van der Waals surface area contributed by atoms with Crippen molar-refractivity contribution in [3.63, 3.8) is 0 Å². The lowest BCUT2D eigenvalue weighted by Gasteiger charge is -2.21. The van der Waals surface area contributed by atoms with Gasteiger partial charge < -0.3 is 10.6 Å². The molecule has 0 unspecified atom stereocenters. The molecule has 0 atom stereocenters. The molecule has 5 heteroatoms. The predicted octanol–water partition coefficient (Wildman–Crippen LogP) is 4.63. The molecule has 2 aromatic carbocycles. The van der Waals surface area contributed by atoms with Crippen molar-refractivity contribution in [1.29, 1.82) is 0 Å². The highest BCUT2D eigenvalue weighted by Gasteiger charge is 2.20. The third kappa shape index (κ3) is 3.57. The summed E-state index contributed by atoms with van der Waals surface area (Å²) in [6, 6.07) is 21.2. The number of rotatable bonds is 6. The number of benzene rings is 2. The fourth-order valence-electron chi connectivity index (χ4n) is 4.37. The molecule has 4 aromatic rings. The van der Waals surface area contributed by atoms with E-state index in [0.29, 0.717) is 0 Å². The summed E-state index contributed by atoms with van der Waals surface area (Å²) >= 11 is 0. The minimum atomic E-state index is 0.762. The minimum Gasteiger partial charge on any atom is -0.366 e. The van der Waals surface area contributed by atoms with E-state index >= 15 is 0 Å². The van der Waals surface area contributed by atoms with Crippen molar-refractivity contribution in [3.05, 3.63) is 83.2 Å². The number of nitrogens with zero attached hydrogens (tertiary/aromatic N) is 3. The van der Waals surface area contributed by atoms with E-state index in [0.717, 1.165) is 43.2 Å². The van der Waals surface area contributed by atoms with Crippen LogP contribution < -0.4 is 10.6 Å². The Kier molecular flexibility index (Phi) is 5.20. The Labute approximate surface area is 177 Å². The van der Waals surface area contributed by atoms with Gasteiger partial charge in [-0.1, -0.05) is 48.5 Å². The van der Waals surface area contributed by atoms with Crippen LogP contribution in [0, 0.1) is 0 Å². The number of fused-ring (bicyclic) bond motifs is 2. The fraction of sp³-hybridized carbons (Fsp3) is 0.280. The van der Waals surface area contributed by atoms with Crippen molar-refractivity contribution in [1.82, 2.24) is 19.9 Å². The molecule has 30 heavy (non-hydrogen) atoms. The monoisotopic (exact) mass is 397 g/mol. The smallest absolute Gasteiger partial charge is 0.236 e. The lowest BCUT2D eigenvalue weighted by molar-refractivity contribution is 0.656. The van der Waals surface area contributed by atoms with Crippen molar-refractivity contribution in [2.75, 3.05) is 12.4 Å². The van der Waals surface area contributed by atoms with Gasteiger partial charge in [0.25, 0.3) is 0 Å². The van der Waals surface area contributed by atoms with Crippen molar-refractivity contribution in [2.24, 2.45) is 0 Å². The zero-order valence-electron chi connectivity index (χ0n) is 17.4. The molecule has 2 N–H and O–H groups in total. The molecule has 0 spiro atoms. The van der Waals surface area contributed by atoms with Gasteiger partial charge in [-0.3, -0.25) is 4.57 Å². The van der Waals surface area contributed by atoms with Gasteiger partial charge in [-0.2, -0.15) is 4.98 Å². The second-order valence-corrected chi connectivity index (χ2v) is 7.90. The first-order chi connectivity index (χ1) is 14.8. The number of aromatic nitrogens is 3. The molecule has 0 saturated carbocycles. The lowest BCUT2D eigenvalue weighted by Crippen LogP contribution is -2.17. The van der Waals surface area contributed by atoms with E-state index in [1.807, 2.05) is 7.05 Å². The predicted molar refractivity (Wildman–Crippen MR) is 122 cm³/mol. The van der Waals surface area contributed by atoms with Gasteiger partial charge in [0.05, 0.1) is 11.2 Å². The van der Waals surface area contributed by atoms with Crippen LogP contribution in [-0.4, -0.2) is 21.6 Å². The van der Waals surface area contributed by atoms with Crippen LogP contribution in [0.3, 0.4) is 0 Å². The van der Waals surface area contributed by atoms with E-state index in [-0.39, 0.29) is 0 Å². The van der Waals surface area contributed by atoms with Crippen molar-refractivity contribution in [3.8, 4) is 5.95 Å². The average molecular weight is 398 g/mol. The number of anilines is 1. The van der Waals surface area contributed by atoms with Crippen LogP contribution in [0.5, 0.6) is 0 Å². The highest BCUT2D eigenvalue weighted by Crippen LogP contribution is 2.29. The topological polar surface area (TPSA) is 54.8 Å². The number of nitrogens with one attached hydrogen (secondary N) is 2. The zero-order valence-corrected chi connectivity index (χ0v) is 17.4. The summed E-state index contributed by atoms with van der Waals surface area (Å²) in [5.41, 5.74) is 6.04. The summed E-state index contributed by atoms with van der Waals surface area (Å²) in [7, 11) is 1.97. The molecule has 0 aliphatic heterocycles. The number of hydrogen-bond donors (Lipinski definition) is 2. The largest absolute Gasteiger partial charge is 0.366 e. The molecule has 1 aliphatic carbocycles. The lowest BCUT2D eigenvalue weighted by atomic mass is 9.96. The molecule has 2 heterocycles. The standard InChI is InChI=1S/C25H27N5/c1-26-17-20-15-19-11-5-8-14-23(19)30(20)25-28-22-13-7-6-12-21(22)24(29-25)27-16-18-9-3-2-4-10-18/h2-5,8-11,14-15,26H,6-7,12-13,16-17H2,1H3,(H,27,28,29). The Balaban J connectivity index is 1.61. The average Bonchev–Trinajstić information content (AvgIpc) is 3.16. The van der Waals surface area contributed by atoms with Gasteiger partial charge in [0.2, 0.25) is 5.95 Å². The molecule has 5 rings (SSSR count). The van der Waals surface area contributed by atoms with Crippen LogP contribution in [0.25, 0.3) is 16.9 Å². The molecular formula is C25H27N5. The van der Waals surface area contributed by atoms with Gasteiger partial charge in [-0.25, -0.2) is 4.98 Å². The summed E-state index contributed by atoms with van der Waals surface area (Å²) in [6.07, 6.45) is 4.46. The van der Waals surface area contributed by atoms with Gasteiger partial charge in [-0.15, -0.1) is 0 Å². The van der Waals surface area contributed by atoms with E-state index < -0.39 is 0 Å². The van der Waals surface area contributed by atoms with E-state index in [4.69, 9.17) is 9.97 Å². The first-order valence-electron chi connectivity index (χ1n) is 10.8. The third-order valence-corrected chi connectivity index (χ3v) is 5.82. The maximum absolute atomic E-state index is 5.05. The highest BCUT2D eigenvalue weighted by molar-refractivity contribution is 5.82. The van der Waals surface area contributed by atoms with Gasteiger partial charge in [-0.05, 0) is 50.4 Å². The molecule has 0 saturated heterocycles. The molecule has 0 radical (unpaired) electrons. The molecule has 2 aromatic heterocycles. The maximum Gasteiger partial charge on any atom is 0.236 e. The molecule has 152 valence electrons. The summed E-state index contributed by atoms with van der Waals surface area (Å²) in [5.74, 6) is 1.74. The Hall–Kier alpha value is -3.18. The maximum atomic E-state index is 5.05. The second-order valence-electron chi connectivity index (χ2n) is 7.90. The summed E-state index contributed by atoms with van der Waals surface area (Å²) in [4.78, 5) is 10.1. The Morgan fingerprint density at radius 1 is 0.900 bits per heavy atom. The molecule has 5 nitrogen and oxygen atoms in total. The Morgan fingerprint density at radius 3 is 2.57 bits per heavy atom. The van der Waals surface area contributed by atoms with E-state index in [2.05, 4.69) is 75.9 Å². The van der Waals surface area contributed by atoms with Gasteiger partial charge in [0.1, 0.15) is 5.82 Å². The third-order valence-electron chi connectivity index (χ3n) is 5.82. The quantitative estimate of drug-likeness (QED) is 0.498. The SMILES string of the molecule is CNCc1cc2ccccc2n1-c1nc2c(c(NCc3ccccc3)n1)CCCC2. The first kappa shape index (κ1) is 18.8. The van der Waals surface area contributed by atoms with Crippen molar-refractivity contribution < 1.29 is 0 Å². The molecule has 0 fully saturated rings. The van der Waals surface area contributed by atoms with Crippen LogP contribution in [0.1, 0.15) is 35.4 Å². The normalized spacial score (nSPS) is 13.4. The number of aryl methyl sites for hydroxylation is 1. The fourth-order valence-corrected chi connectivity index (χ4v) is 4.37. The van der Waals surface area contributed by atoms with Crippen molar-refractivity contribution >= 4 is 16.7 Å². The highest BCUT2D eigenvalue weighted by atomic mass is 15.2. The van der Waals surface area contributed by atoms with E-state index in [9.17, 15) is 0 Å². The van der Waals surface area contributed by atoms with Crippen LogP contribution in [0.4, 0.5) is 5.82 Å². The summed E-state index contributed by atoms with van der Waals surface area (Å²) < 4.78 is 2.20. The molecule has 0 bridgehead atoms. The Bertz CT molecular complexity index is 1160. The van der Waals surface area contributed by atoms with Crippen LogP contribution >= 0.6 is 0 Å². The minimum absolute atomic E-state index is 0.762. The van der Waals surface area contributed by atoms with E-state index in [1.54, 1.807) is 0 Å².